The molecule has 0 aromatic carbocycles. The molecule has 2 aliphatic rings. The van der Waals surface area contributed by atoms with E-state index in [0.717, 1.165) is 12.0 Å². The average Bonchev–Trinajstić information content (AvgIpc) is 2.24. The molecule has 1 aliphatic carbocycles. The summed E-state index contributed by atoms with van der Waals surface area (Å²) >= 11 is 0. The monoisotopic (exact) mass is 83.1 g/mol. The summed E-state index contributed by atoms with van der Waals surface area (Å²) in [5.41, 5.74) is 0.625. The van der Waals surface area contributed by atoms with Gasteiger partial charge in [-0.15, -0.1) is 0 Å². The second kappa shape index (κ2) is 0.463. The van der Waals surface area contributed by atoms with Crippen LogP contribution < -0.4 is 5.32 Å². The van der Waals surface area contributed by atoms with Gasteiger partial charge in [0.05, 0.1) is 0 Å². The van der Waals surface area contributed by atoms with Crippen molar-refractivity contribution in [3.63, 3.8) is 0 Å². The summed E-state index contributed by atoms with van der Waals surface area (Å²) in [6, 6.07) is 0.914. The number of nitrogens with one attached hydrogen (secondary N) is 1. The highest BCUT2D eigenvalue weighted by Crippen LogP contribution is 2.56. The van der Waals surface area contributed by atoms with Crippen LogP contribution in [0.15, 0.2) is 0 Å². The minimum Gasteiger partial charge on any atom is -0.305 e. The first-order chi connectivity index (χ1) is 2.75. The van der Waals surface area contributed by atoms with Crippen molar-refractivity contribution in [3.8, 4) is 0 Å². The Labute approximate surface area is 37.7 Å². The lowest BCUT2D eigenvalue weighted by Crippen LogP contribution is -2.11. The van der Waals surface area contributed by atoms with Crippen molar-refractivity contribution >= 4 is 0 Å². The molecule has 0 radical (unpaired) electrons. The Balaban J connectivity index is 2.23. The summed E-state index contributed by atoms with van der Waals surface area (Å²) in [5.74, 6) is 0.984. The maximum absolute atomic E-state index is 3.32. The van der Waals surface area contributed by atoms with E-state index in [0.29, 0.717) is 5.54 Å². The molecule has 0 bridgehead atoms. The van der Waals surface area contributed by atoms with E-state index in [-0.39, 0.29) is 0 Å². The minimum atomic E-state index is 0.625. The van der Waals surface area contributed by atoms with Crippen molar-refractivity contribution in [2.24, 2.45) is 5.92 Å². The lowest BCUT2D eigenvalue weighted by Gasteiger charge is -1.95. The van der Waals surface area contributed by atoms with Crippen LogP contribution in [-0.2, 0) is 0 Å². The predicted octanol–water partition coefficient (Wildman–Crippen LogP) is 0.367. The third-order valence-electron chi connectivity index (χ3n) is 2.37. The Bertz CT molecular complexity index is 94.1. The molecule has 1 heterocycles. The van der Waals surface area contributed by atoms with Crippen molar-refractivity contribution in [3.05, 3.63) is 0 Å². The van der Waals surface area contributed by atoms with E-state index in [1.54, 1.807) is 0 Å². The summed E-state index contributed by atoms with van der Waals surface area (Å²) in [6.45, 7) is 4.57. The van der Waals surface area contributed by atoms with Crippen LogP contribution in [0.3, 0.4) is 0 Å². The molecule has 0 spiro atoms. The maximum Gasteiger partial charge on any atom is 0.0354 e. The summed E-state index contributed by atoms with van der Waals surface area (Å²) in [4.78, 5) is 0. The molecule has 0 aromatic rings. The topological polar surface area (TPSA) is 21.9 Å². The largest absolute Gasteiger partial charge is 0.305 e. The van der Waals surface area contributed by atoms with Crippen molar-refractivity contribution in [1.29, 1.82) is 0 Å². The first-order valence-electron chi connectivity index (χ1n) is 2.53. The molecule has 0 amide bonds. The fraction of sp³-hybridized carbons (Fsp3) is 1.00. The highest BCUT2D eigenvalue weighted by Gasteiger charge is 2.73. The summed E-state index contributed by atoms with van der Waals surface area (Å²) in [7, 11) is 0. The fourth-order valence-electron chi connectivity index (χ4n) is 1.18. The second-order valence-electron chi connectivity index (χ2n) is 2.69. The standard InChI is InChI=1S/C5H9N/c1-3-4-5(3,2)6-4/h3-4,6H,1-2H3. The quantitative estimate of drug-likeness (QED) is 0.420. The molecule has 3 unspecified atom stereocenters. The van der Waals surface area contributed by atoms with E-state index in [9.17, 15) is 0 Å². The van der Waals surface area contributed by atoms with Crippen molar-refractivity contribution in [2.45, 2.75) is 25.4 Å². The van der Waals surface area contributed by atoms with Crippen LogP contribution in [0.25, 0.3) is 0 Å². The molecule has 2 fully saturated rings. The Morgan fingerprint density at radius 3 is 2.00 bits per heavy atom. The van der Waals surface area contributed by atoms with Gasteiger partial charge < -0.3 is 5.32 Å². The first-order valence-corrected chi connectivity index (χ1v) is 2.53. The number of hydrogen-bond donors (Lipinski definition) is 1. The van der Waals surface area contributed by atoms with Gasteiger partial charge in [0.25, 0.3) is 0 Å². The second-order valence-corrected chi connectivity index (χ2v) is 2.69. The van der Waals surface area contributed by atoms with Gasteiger partial charge >= 0.3 is 0 Å². The Kier molecular flexibility index (Phi) is 0.234. The van der Waals surface area contributed by atoms with Gasteiger partial charge in [-0.25, -0.2) is 0 Å². The van der Waals surface area contributed by atoms with Crippen LogP contribution >= 0.6 is 0 Å². The zero-order valence-corrected chi connectivity index (χ0v) is 4.15. The van der Waals surface area contributed by atoms with Gasteiger partial charge in [-0.3, -0.25) is 0 Å². The minimum absolute atomic E-state index is 0.625. The Morgan fingerprint density at radius 1 is 1.67 bits per heavy atom. The predicted molar refractivity (Wildman–Crippen MR) is 24.5 cm³/mol. The molecule has 6 heavy (non-hydrogen) atoms. The molecule has 1 heteroatoms. The van der Waals surface area contributed by atoms with Crippen LogP contribution in [-0.4, -0.2) is 11.6 Å². The van der Waals surface area contributed by atoms with Crippen LogP contribution in [0.5, 0.6) is 0 Å². The van der Waals surface area contributed by atoms with E-state index in [1.165, 1.54) is 0 Å². The number of hydrogen-bond acceptors (Lipinski definition) is 1. The van der Waals surface area contributed by atoms with Gasteiger partial charge in [0.1, 0.15) is 0 Å². The van der Waals surface area contributed by atoms with E-state index >= 15 is 0 Å². The average molecular weight is 83.1 g/mol. The van der Waals surface area contributed by atoms with Crippen LogP contribution in [0.4, 0.5) is 0 Å². The number of fused-ring (bicyclic) bond motifs is 1. The summed E-state index contributed by atoms with van der Waals surface area (Å²) < 4.78 is 0. The molecule has 34 valence electrons. The molecule has 0 aromatic heterocycles. The van der Waals surface area contributed by atoms with Crippen LogP contribution in [0.2, 0.25) is 0 Å². The Morgan fingerprint density at radius 2 is 2.00 bits per heavy atom. The van der Waals surface area contributed by atoms with Crippen LogP contribution in [0.1, 0.15) is 13.8 Å². The van der Waals surface area contributed by atoms with Crippen molar-refractivity contribution in [2.75, 3.05) is 0 Å². The van der Waals surface area contributed by atoms with Gasteiger partial charge in [0.15, 0.2) is 0 Å². The van der Waals surface area contributed by atoms with Crippen molar-refractivity contribution in [1.82, 2.24) is 5.32 Å². The van der Waals surface area contributed by atoms with Crippen molar-refractivity contribution < 1.29 is 0 Å². The molecular formula is C5H9N. The molecular weight excluding hydrogens is 74.1 g/mol. The molecule has 1 nitrogen and oxygen atoms in total. The zero-order chi connectivity index (χ0) is 4.36. The van der Waals surface area contributed by atoms with E-state index in [4.69, 9.17) is 0 Å². The first kappa shape index (κ1) is 3.03. The zero-order valence-electron chi connectivity index (χ0n) is 4.15. The summed E-state index contributed by atoms with van der Waals surface area (Å²) in [6.07, 6.45) is 0. The Hall–Kier alpha value is -0.0400. The molecule has 2 rings (SSSR count). The fourth-order valence-corrected chi connectivity index (χ4v) is 1.18. The third-order valence-corrected chi connectivity index (χ3v) is 2.37. The van der Waals surface area contributed by atoms with Crippen LogP contribution in [0, 0.1) is 5.92 Å². The SMILES string of the molecule is CC1C2NC12C. The molecule has 1 aliphatic heterocycles. The highest BCUT2D eigenvalue weighted by molar-refractivity contribution is 5.34. The van der Waals surface area contributed by atoms with E-state index in [1.807, 2.05) is 0 Å². The lowest BCUT2D eigenvalue weighted by atomic mass is 10.3. The van der Waals surface area contributed by atoms with Gasteiger partial charge in [0, 0.05) is 11.6 Å². The van der Waals surface area contributed by atoms with Gasteiger partial charge in [0.2, 0.25) is 0 Å². The van der Waals surface area contributed by atoms with Gasteiger partial charge in [-0.05, 0) is 12.8 Å². The molecule has 1 saturated carbocycles. The molecule has 1 saturated heterocycles. The normalized spacial score (nSPS) is 73.0. The van der Waals surface area contributed by atoms with Gasteiger partial charge in [-0.1, -0.05) is 6.92 Å². The molecule has 1 N–H and O–H groups in total. The summed E-state index contributed by atoms with van der Waals surface area (Å²) in [5, 5.41) is 3.32. The van der Waals surface area contributed by atoms with E-state index < -0.39 is 0 Å². The molecule has 3 atom stereocenters. The number of rotatable bonds is 0. The van der Waals surface area contributed by atoms with E-state index in [2.05, 4.69) is 19.2 Å². The smallest absolute Gasteiger partial charge is 0.0354 e. The lowest BCUT2D eigenvalue weighted by molar-refractivity contribution is 0.598. The highest BCUT2D eigenvalue weighted by atomic mass is 15.3. The maximum atomic E-state index is 3.32. The third kappa shape index (κ3) is 0.121. The van der Waals surface area contributed by atoms with Gasteiger partial charge in [-0.2, -0.15) is 0 Å².